The Morgan fingerprint density at radius 2 is 2.00 bits per heavy atom. The van der Waals surface area contributed by atoms with E-state index in [1.165, 1.54) is 6.07 Å². The summed E-state index contributed by atoms with van der Waals surface area (Å²) in [6, 6.07) is 16.0. The van der Waals surface area contributed by atoms with Crippen molar-refractivity contribution < 1.29 is 4.39 Å². The van der Waals surface area contributed by atoms with Crippen LogP contribution in [0.1, 0.15) is 22.7 Å². The van der Waals surface area contributed by atoms with Crippen molar-refractivity contribution in [2.75, 3.05) is 13.6 Å². The van der Waals surface area contributed by atoms with Crippen LogP contribution < -0.4 is 5.73 Å². The first-order valence-corrected chi connectivity index (χ1v) is 6.79. The van der Waals surface area contributed by atoms with Gasteiger partial charge in [-0.2, -0.15) is 5.26 Å². The zero-order chi connectivity index (χ0) is 15.2. The highest BCUT2D eigenvalue weighted by Crippen LogP contribution is 2.23. The Labute approximate surface area is 124 Å². The highest BCUT2D eigenvalue weighted by molar-refractivity contribution is 5.33. The fourth-order valence-corrected chi connectivity index (χ4v) is 2.43. The maximum absolute atomic E-state index is 13.9. The summed E-state index contributed by atoms with van der Waals surface area (Å²) >= 11 is 0. The molecule has 4 heteroatoms. The van der Waals surface area contributed by atoms with E-state index >= 15 is 0 Å². The lowest BCUT2D eigenvalue weighted by molar-refractivity contribution is 0.236. The van der Waals surface area contributed by atoms with Crippen LogP contribution >= 0.6 is 0 Å². The van der Waals surface area contributed by atoms with E-state index in [0.29, 0.717) is 24.2 Å². The third-order valence-corrected chi connectivity index (χ3v) is 3.51. The highest BCUT2D eigenvalue weighted by Gasteiger charge is 2.18. The minimum absolute atomic E-state index is 0.197. The average molecular weight is 283 g/mol. The molecule has 0 saturated heterocycles. The number of hydrogen-bond acceptors (Lipinski definition) is 3. The minimum Gasteiger partial charge on any atom is -0.329 e. The molecule has 21 heavy (non-hydrogen) atoms. The van der Waals surface area contributed by atoms with E-state index < -0.39 is 0 Å². The Kier molecular flexibility index (Phi) is 5.04. The quantitative estimate of drug-likeness (QED) is 0.918. The fourth-order valence-electron chi connectivity index (χ4n) is 2.43. The monoisotopic (exact) mass is 283 g/mol. The largest absolute Gasteiger partial charge is 0.329 e. The zero-order valence-electron chi connectivity index (χ0n) is 12.0. The lowest BCUT2D eigenvalue weighted by Gasteiger charge is -2.27. The number of nitrogens with two attached hydrogens (primary N) is 1. The normalized spacial score (nSPS) is 12.1. The SMILES string of the molecule is CN(Cc1cccc(C#N)c1)C(CN)c1ccccc1F. The summed E-state index contributed by atoms with van der Waals surface area (Å²) in [4.78, 5) is 1.99. The van der Waals surface area contributed by atoms with Gasteiger partial charge < -0.3 is 5.73 Å². The van der Waals surface area contributed by atoms with Crippen LogP contribution in [0.4, 0.5) is 4.39 Å². The maximum Gasteiger partial charge on any atom is 0.128 e. The third-order valence-electron chi connectivity index (χ3n) is 3.51. The molecule has 0 aliphatic rings. The molecule has 0 radical (unpaired) electrons. The van der Waals surface area contributed by atoms with E-state index in [-0.39, 0.29) is 11.9 Å². The standard InChI is InChI=1S/C17H18FN3/c1-21(12-14-6-4-5-13(9-14)10-19)17(11-20)15-7-2-3-8-16(15)18/h2-9,17H,11-12,20H2,1H3. The number of likely N-dealkylation sites (N-methyl/N-ethyl adjacent to an activating group) is 1. The van der Waals surface area contributed by atoms with Gasteiger partial charge in [-0.25, -0.2) is 4.39 Å². The molecule has 2 N–H and O–H groups in total. The van der Waals surface area contributed by atoms with Crippen LogP contribution in [0.25, 0.3) is 0 Å². The number of rotatable bonds is 5. The molecule has 108 valence electrons. The van der Waals surface area contributed by atoms with Crippen molar-refractivity contribution in [1.82, 2.24) is 4.90 Å². The van der Waals surface area contributed by atoms with Crippen LogP contribution in [0.2, 0.25) is 0 Å². The maximum atomic E-state index is 13.9. The first kappa shape index (κ1) is 15.2. The predicted octanol–water partition coefficient (Wildman–Crippen LogP) is 2.83. The van der Waals surface area contributed by atoms with Crippen molar-refractivity contribution in [1.29, 1.82) is 5.26 Å². The summed E-state index contributed by atoms with van der Waals surface area (Å²) in [5, 5.41) is 8.93. The van der Waals surface area contributed by atoms with Gasteiger partial charge in [0.15, 0.2) is 0 Å². The number of nitriles is 1. The van der Waals surface area contributed by atoms with E-state index in [1.807, 2.05) is 36.2 Å². The number of hydrogen-bond donors (Lipinski definition) is 1. The lowest BCUT2D eigenvalue weighted by atomic mass is 10.0. The number of nitrogens with zero attached hydrogens (tertiary/aromatic N) is 2. The topological polar surface area (TPSA) is 53.0 Å². The molecular weight excluding hydrogens is 265 g/mol. The van der Waals surface area contributed by atoms with E-state index in [9.17, 15) is 4.39 Å². The first-order chi connectivity index (χ1) is 10.2. The minimum atomic E-state index is -0.245. The van der Waals surface area contributed by atoms with E-state index in [0.717, 1.165) is 5.56 Å². The average Bonchev–Trinajstić information content (AvgIpc) is 2.50. The summed E-state index contributed by atoms with van der Waals surface area (Å²) in [7, 11) is 1.91. The Bertz CT molecular complexity index is 648. The van der Waals surface area contributed by atoms with Crippen LogP contribution in [0.15, 0.2) is 48.5 Å². The van der Waals surface area contributed by atoms with Gasteiger partial charge in [0, 0.05) is 24.7 Å². The van der Waals surface area contributed by atoms with Gasteiger partial charge in [0.05, 0.1) is 11.6 Å². The van der Waals surface area contributed by atoms with Crippen molar-refractivity contribution in [3.05, 3.63) is 71.0 Å². The summed E-state index contributed by atoms with van der Waals surface area (Å²) in [6.45, 7) is 0.932. The van der Waals surface area contributed by atoms with E-state index in [1.54, 1.807) is 18.2 Å². The van der Waals surface area contributed by atoms with Crippen LogP contribution in [0.3, 0.4) is 0 Å². The van der Waals surface area contributed by atoms with Crippen molar-refractivity contribution >= 4 is 0 Å². The van der Waals surface area contributed by atoms with Crippen LogP contribution in [-0.2, 0) is 6.54 Å². The molecule has 0 saturated carbocycles. The highest BCUT2D eigenvalue weighted by atomic mass is 19.1. The Hall–Kier alpha value is -2.22. The van der Waals surface area contributed by atoms with Crippen LogP contribution in [0, 0.1) is 17.1 Å². The molecule has 0 aliphatic carbocycles. The van der Waals surface area contributed by atoms with Crippen molar-refractivity contribution in [3.8, 4) is 6.07 Å². The second kappa shape index (κ2) is 6.98. The molecule has 0 aliphatic heterocycles. The molecule has 3 nitrogen and oxygen atoms in total. The predicted molar refractivity (Wildman–Crippen MR) is 80.8 cm³/mol. The summed E-state index contributed by atoms with van der Waals surface area (Å²) < 4.78 is 13.9. The van der Waals surface area contributed by atoms with Gasteiger partial charge in [-0.1, -0.05) is 30.3 Å². The molecule has 2 rings (SSSR count). The van der Waals surface area contributed by atoms with Crippen LogP contribution in [0.5, 0.6) is 0 Å². The van der Waals surface area contributed by atoms with Crippen molar-refractivity contribution in [2.24, 2.45) is 5.73 Å². The summed E-state index contributed by atoms with van der Waals surface area (Å²) in [6.07, 6.45) is 0. The van der Waals surface area contributed by atoms with Crippen LogP contribution in [-0.4, -0.2) is 18.5 Å². The third kappa shape index (κ3) is 3.66. The molecule has 2 aromatic rings. The van der Waals surface area contributed by atoms with Gasteiger partial charge in [-0.15, -0.1) is 0 Å². The number of halogens is 1. The number of benzene rings is 2. The molecule has 1 atom stereocenters. The molecule has 0 heterocycles. The molecule has 1 unspecified atom stereocenters. The van der Waals surface area contributed by atoms with Crippen molar-refractivity contribution in [3.63, 3.8) is 0 Å². The van der Waals surface area contributed by atoms with Gasteiger partial charge in [0.1, 0.15) is 5.82 Å². The first-order valence-electron chi connectivity index (χ1n) is 6.79. The van der Waals surface area contributed by atoms with E-state index in [4.69, 9.17) is 11.0 Å². The Morgan fingerprint density at radius 1 is 1.24 bits per heavy atom. The zero-order valence-corrected chi connectivity index (χ0v) is 12.0. The second-order valence-electron chi connectivity index (χ2n) is 5.00. The van der Waals surface area contributed by atoms with E-state index in [2.05, 4.69) is 6.07 Å². The molecule has 2 aromatic carbocycles. The second-order valence-corrected chi connectivity index (χ2v) is 5.00. The molecule has 0 fully saturated rings. The molecule has 0 spiro atoms. The van der Waals surface area contributed by atoms with Gasteiger partial charge in [0.25, 0.3) is 0 Å². The molecule has 0 amide bonds. The lowest BCUT2D eigenvalue weighted by Crippen LogP contribution is -2.30. The van der Waals surface area contributed by atoms with Gasteiger partial charge in [-0.05, 0) is 30.8 Å². The Morgan fingerprint density at radius 3 is 2.67 bits per heavy atom. The smallest absolute Gasteiger partial charge is 0.128 e. The Balaban J connectivity index is 2.19. The fraction of sp³-hybridized carbons (Fsp3) is 0.235. The van der Waals surface area contributed by atoms with Gasteiger partial charge in [0.2, 0.25) is 0 Å². The van der Waals surface area contributed by atoms with Crippen molar-refractivity contribution in [2.45, 2.75) is 12.6 Å². The molecule has 0 aromatic heterocycles. The van der Waals surface area contributed by atoms with Gasteiger partial charge in [-0.3, -0.25) is 4.90 Å². The summed E-state index contributed by atoms with van der Waals surface area (Å²) in [5.74, 6) is -0.245. The van der Waals surface area contributed by atoms with Gasteiger partial charge >= 0.3 is 0 Å². The molecular formula is C17H18FN3. The molecule has 0 bridgehead atoms. The summed E-state index contributed by atoms with van der Waals surface area (Å²) in [5.41, 5.74) is 8.05.